The molecule has 0 aliphatic rings. The van der Waals surface area contributed by atoms with E-state index in [1.807, 2.05) is 0 Å². The molecule has 0 atom stereocenters. The zero-order valence-electron chi connectivity index (χ0n) is 18.0. The Hall–Kier alpha value is -4.62. The van der Waals surface area contributed by atoms with E-state index in [4.69, 9.17) is 15.2 Å². The number of amides is 2. The fraction of sp³-hybridized carbons (Fsp3) is 0.263. The Balaban J connectivity index is 2.25. The van der Waals surface area contributed by atoms with E-state index in [0.717, 1.165) is 0 Å². The van der Waals surface area contributed by atoms with Gasteiger partial charge in [-0.1, -0.05) is 0 Å². The van der Waals surface area contributed by atoms with Crippen LogP contribution in [0.3, 0.4) is 0 Å². The van der Waals surface area contributed by atoms with Crippen molar-refractivity contribution in [2.45, 2.75) is 0 Å². The predicted molar refractivity (Wildman–Crippen MR) is 118 cm³/mol. The van der Waals surface area contributed by atoms with Crippen LogP contribution in [-0.4, -0.2) is 56.0 Å². The molecule has 0 aliphatic heterocycles. The number of rotatable bonds is 11. The lowest BCUT2D eigenvalue weighted by atomic mass is 10.1. The minimum absolute atomic E-state index is 0.00682. The number of nitrogens with two attached hydrogens (primary N) is 1. The molecule has 2 aromatic rings. The first-order valence-corrected chi connectivity index (χ1v) is 9.38. The monoisotopic (exact) mass is 462 g/mol. The summed E-state index contributed by atoms with van der Waals surface area (Å²) >= 11 is 0. The number of nitrogens with one attached hydrogen (secondary N) is 3. The van der Waals surface area contributed by atoms with Crippen LogP contribution in [-0.2, 0) is 0 Å². The molecule has 0 saturated carbocycles. The fourth-order valence-electron chi connectivity index (χ4n) is 3.11. The number of nitrogens with zero attached hydrogens (tertiary/aromatic N) is 2. The highest BCUT2D eigenvalue weighted by molar-refractivity contribution is 6.00. The summed E-state index contributed by atoms with van der Waals surface area (Å²) in [6.07, 6.45) is 0. The molecule has 0 radical (unpaired) electrons. The molecule has 176 valence electrons. The molecule has 0 heterocycles. The normalized spacial score (nSPS) is 10.2. The lowest BCUT2D eigenvalue weighted by molar-refractivity contribution is -0.385. The number of nitro groups is 2. The predicted octanol–water partition coefficient (Wildman–Crippen LogP) is 1.50. The van der Waals surface area contributed by atoms with Crippen LogP contribution >= 0.6 is 0 Å². The molecular weight excluding hydrogens is 440 g/mol. The maximum Gasteiger partial charge on any atom is 0.334 e. The lowest BCUT2D eigenvalue weighted by Gasteiger charge is -2.14. The lowest BCUT2D eigenvalue weighted by Crippen LogP contribution is -2.20. The molecule has 0 aliphatic carbocycles. The Kier molecular flexibility index (Phi) is 7.92. The first kappa shape index (κ1) is 24.6. The first-order chi connectivity index (χ1) is 15.7. The number of ether oxygens (including phenoxy) is 2. The van der Waals surface area contributed by atoms with Crippen molar-refractivity contribution >= 4 is 34.6 Å². The number of primary amides is 1. The molecule has 33 heavy (non-hydrogen) atoms. The summed E-state index contributed by atoms with van der Waals surface area (Å²) in [7, 11) is 3.77. The van der Waals surface area contributed by atoms with Crippen LogP contribution in [0.25, 0.3) is 0 Å². The Labute approximate surface area is 187 Å². The zero-order valence-corrected chi connectivity index (χ0v) is 18.0. The van der Waals surface area contributed by atoms with Crippen molar-refractivity contribution in [3.05, 3.63) is 55.6 Å². The van der Waals surface area contributed by atoms with E-state index in [0.29, 0.717) is 0 Å². The zero-order chi connectivity index (χ0) is 24.7. The number of methoxy groups -OCH3 is 2. The molecule has 0 saturated heterocycles. The number of hydrogen-bond acceptors (Lipinski definition) is 10. The molecule has 0 spiro atoms. The van der Waals surface area contributed by atoms with E-state index in [9.17, 15) is 29.8 Å². The van der Waals surface area contributed by atoms with Gasteiger partial charge in [0.15, 0.2) is 0 Å². The van der Waals surface area contributed by atoms with Crippen molar-refractivity contribution < 1.29 is 28.9 Å². The van der Waals surface area contributed by atoms with Gasteiger partial charge >= 0.3 is 11.4 Å². The van der Waals surface area contributed by atoms with E-state index in [1.165, 1.54) is 45.5 Å². The van der Waals surface area contributed by atoms with Gasteiger partial charge in [-0.25, -0.2) is 0 Å². The SMILES string of the molecule is CNC(=O)c1ccc(NCCNc2ccc(C(N)=O)c(OC)c2[N+](=O)[O-])c([N+](=O)[O-])c1OC. The third kappa shape index (κ3) is 5.17. The van der Waals surface area contributed by atoms with E-state index >= 15 is 0 Å². The van der Waals surface area contributed by atoms with Gasteiger partial charge < -0.3 is 31.2 Å². The maximum absolute atomic E-state index is 12.0. The average Bonchev–Trinajstić information content (AvgIpc) is 2.79. The molecule has 0 aromatic heterocycles. The number of carbonyl (C=O) groups excluding carboxylic acids is 2. The second-order valence-electron chi connectivity index (χ2n) is 6.40. The van der Waals surface area contributed by atoms with Gasteiger partial charge in [-0.15, -0.1) is 0 Å². The van der Waals surface area contributed by atoms with Crippen molar-refractivity contribution in [3.8, 4) is 11.5 Å². The van der Waals surface area contributed by atoms with Gasteiger partial charge in [0.1, 0.15) is 11.4 Å². The highest BCUT2D eigenvalue weighted by Gasteiger charge is 2.28. The molecule has 5 N–H and O–H groups in total. The third-order valence-corrected chi connectivity index (χ3v) is 4.53. The molecule has 0 unspecified atom stereocenters. The van der Waals surface area contributed by atoms with Gasteiger partial charge in [-0.05, 0) is 24.3 Å². The average molecular weight is 462 g/mol. The fourth-order valence-corrected chi connectivity index (χ4v) is 3.11. The molecule has 2 amide bonds. The van der Waals surface area contributed by atoms with Gasteiger partial charge in [0.25, 0.3) is 11.8 Å². The van der Waals surface area contributed by atoms with Gasteiger partial charge in [0.05, 0.1) is 35.2 Å². The van der Waals surface area contributed by atoms with E-state index in [-0.39, 0.29) is 47.1 Å². The summed E-state index contributed by atoms with van der Waals surface area (Å²) in [6.45, 7) is 0.191. The topological polar surface area (TPSA) is 201 Å². The van der Waals surface area contributed by atoms with Gasteiger partial charge in [-0.3, -0.25) is 29.8 Å². The van der Waals surface area contributed by atoms with Crippen molar-refractivity contribution in [1.82, 2.24) is 5.32 Å². The Morgan fingerprint density at radius 3 is 1.67 bits per heavy atom. The number of nitro benzene ring substituents is 2. The van der Waals surface area contributed by atoms with Crippen LogP contribution in [0.2, 0.25) is 0 Å². The van der Waals surface area contributed by atoms with Crippen LogP contribution in [0.15, 0.2) is 24.3 Å². The van der Waals surface area contributed by atoms with Crippen molar-refractivity contribution in [1.29, 1.82) is 0 Å². The van der Waals surface area contributed by atoms with Crippen LogP contribution < -0.4 is 31.2 Å². The minimum atomic E-state index is -0.885. The Bertz CT molecular complexity index is 1100. The van der Waals surface area contributed by atoms with E-state index in [2.05, 4.69) is 16.0 Å². The van der Waals surface area contributed by atoms with Gasteiger partial charge in [0, 0.05) is 20.1 Å². The van der Waals surface area contributed by atoms with Gasteiger partial charge in [0.2, 0.25) is 11.5 Å². The smallest absolute Gasteiger partial charge is 0.334 e. The molecule has 14 nitrogen and oxygen atoms in total. The summed E-state index contributed by atoms with van der Waals surface area (Å²) < 4.78 is 10.1. The van der Waals surface area contributed by atoms with Crippen LogP contribution in [0.1, 0.15) is 20.7 Å². The van der Waals surface area contributed by atoms with Crippen molar-refractivity contribution in [2.75, 3.05) is 45.0 Å². The molecular formula is C19H22N6O8. The maximum atomic E-state index is 12.0. The van der Waals surface area contributed by atoms with Crippen LogP contribution in [0.4, 0.5) is 22.7 Å². The number of carbonyl (C=O) groups is 2. The summed E-state index contributed by atoms with van der Waals surface area (Å²) in [6, 6.07) is 5.33. The molecule has 2 aromatic carbocycles. The molecule has 14 heteroatoms. The largest absolute Gasteiger partial charge is 0.490 e. The molecule has 0 bridgehead atoms. The van der Waals surface area contributed by atoms with E-state index < -0.39 is 33.0 Å². The van der Waals surface area contributed by atoms with Gasteiger partial charge in [-0.2, -0.15) is 0 Å². The summed E-state index contributed by atoms with van der Waals surface area (Å²) in [4.78, 5) is 45.2. The first-order valence-electron chi connectivity index (χ1n) is 9.38. The summed E-state index contributed by atoms with van der Waals surface area (Å²) in [5.41, 5.74) is 4.32. The summed E-state index contributed by atoms with van der Waals surface area (Å²) in [5.74, 6) is -1.93. The second-order valence-corrected chi connectivity index (χ2v) is 6.40. The Morgan fingerprint density at radius 2 is 1.30 bits per heavy atom. The van der Waals surface area contributed by atoms with Crippen LogP contribution in [0.5, 0.6) is 11.5 Å². The van der Waals surface area contributed by atoms with E-state index in [1.54, 1.807) is 0 Å². The van der Waals surface area contributed by atoms with Crippen molar-refractivity contribution in [3.63, 3.8) is 0 Å². The standard InChI is InChI=1S/C19H22N6O8/c1-21-19(27)11-5-7-13(15(25(30)31)17(11)33-3)23-9-8-22-12-6-4-10(18(20)26)16(32-2)14(12)24(28)29/h4-7,22-23H,8-9H2,1-3H3,(H2,20,26)(H,21,27). The second kappa shape index (κ2) is 10.6. The molecule has 0 fully saturated rings. The molecule has 2 rings (SSSR count). The number of hydrogen-bond donors (Lipinski definition) is 4. The highest BCUT2D eigenvalue weighted by atomic mass is 16.6. The quantitative estimate of drug-likeness (QED) is 0.215. The van der Waals surface area contributed by atoms with Crippen molar-refractivity contribution in [2.24, 2.45) is 5.73 Å². The highest BCUT2D eigenvalue weighted by Crippen LogP contribution is 2.39. The third-order valence-electron chi connectivity index (χ3n) is 4.53. The Morgan fingerprint density at radius 1 is 0.879 bits per heavy atom. The number of anilines is 2. The van der Waals surface area contributed by atoms with Crippen LogP contribution in [0, 0.1) is 20.2 Å². The number of benzene rings is 2. The summed E-state index contributed by atoms with van der Waals surface area (Å²) in [5, 5.41) is 31.2. The minimum Gasteiger partial charge on any atom is -0.490 e.